The molecule has 3 rings (SSSR count). The van der Waals surface area contributed by atoms with Crippen molar-refractivity contribution in [1.82, 2.24) is 19.4 Å². The van der Waals surface area contributed by atoms with Gasteiger partial charge in [0.25, 0.3) is 0 Å². The summed E-state index contributed by atoms with van der Waals surface area (Å²) in [4.78, 5) is 16.8. The minimum atomic E-state index is 0.0247. The predicted octanol–water partition coefficient (Wildman–Crippen LogP) is 3.73. The van der Waals surface area contributed by atoms with Gasteiger partial charge in [-0.1, -0.05) is 32.0 Å². The number of hydrogen-bond acceptors (Lipinski definition) is 2. The number of aromatic nitrogens is 3. The van der Waals surface area contributed by atoms with E-state index in [1.54, 1.807) is 6.20 Å². The molecule has 0 radical (unpaired) electrons. The van der Waals surface area contributed by atoms with Crippen LogP contribution in [0.4, 0.5) is 0 Å². The molecule has 1 amide bonds. The van der Waals surface area contributed by atoms with Crippen LogP contribution < -0.4 is 5.32 Å². The van der Waals surface area contributed by atoms with E-state index in [1.807, 2.05) is 10.8 Å². The number of nitrogens with zero attached hydrogens (tertiary/aromatic N) is 3. The van der Waals surface area contributed by atoms with Crippen molar-refractivity contribution in [1.29, 1.82) is 0 Å². The molecule has 0 aliphatic carbocycles. The highest BCUT2D eigenvalue weighted by molar-refractivity contribution is 5.84. The van der Waals surface area contributed by atoms with Gasteiger partial charge in [-0.2, -0.15) is 0 Å². The summed E-state index contributed by atoms with van der Waals surface area (Å²) in [7, 11) is 0. The van der Waals surface area contributed by atoms with Crippen molar-refractivity contribution in [3.8, 4) is 0 Å². The highest BCUT2D eigenvalue weighted by Crippen LogP contribution is 2.22. The van der Waals surface area contributed by atoms with Gasteiger partial charge < -0.3 is 14.5 Å². The van der Waals surface area contributed by atoms with Crippen molar-refractivity contribution >= 4 is 16.8 Å². The van der Waals surface area contributed by atoms with E-state index in [4.69, 9.17) is 0 Å². The van der Waals surface area contributed by atoms with Crippen molar-refractivity contribution in [3.05, 3.63) is 54.2 Å². The lowest BCUT2D eigenvalue weighted by molar-refractivity contribution is -0.122. The number of carbonyl (C=O) groups is 1. The van der Waals surface area contributed by atoms with E-state index in [9.17, 15) is 4.79 Å². The minimum absolute atomic E-state index is 0.0247. The van der Waals surface area contributed by atoms with Crippen LogP contribution in [-0.2, 0) is 24.3 Å². The van der Waals surface area contributed by atoms with Gasteiger partial charge in [0.15, 0.2) is 0 Å². The standard InChI is InChI=1S/C21H28N4O/c1-5-24-13-17(18-8-6-7-9-19(18)24)12-16(4)23-20(26)14-25-11-10-22-21(25)15(2)3/h6-11,13,15-16H,5,12,14H2,1-4H3,(H,23,26)/t16-/m1/s1. The van der Waals surface area contributed by atoms with Gasteiger partial charge >= 0.3 is 0 Å². The molecular weight excluding hydrogens is 324 g/mol. The number of amides is 1. The molecule has 3 aromatic rings. The van der Waals surface area contributed by atoms with Crippen molar-refractivity contribution < 1.29 is 4.79 Å². The third-order valence-corrected chi connectivity index (χ3v) is 4.72. The molecule has 2 aromatic heterocycles. The van der Waals surface area contributed by atoms with Crippen LogP contribution in [0.1, 0.15) is 45.0 Å². The van der Waals surface area contributed by atoms with E-state index in [0.29, 0.717) is 12.5 Å². The molecule has 0 saturated heterocycles. The summed E-state index contributed by atoms with van der Waals surface area (Å²) in [5.74, 6) is 1.27. The van der Waals surface area contributed by atoms with E-state index in [0.717, 1.165) is 18.8 Å². The molecule has 5 heteroatoms. The summed E-state index contributed by atoms with van der Waals surface area (Å²) >= 11 is 0. The number of benzene rings is 1. The summed E-state index contributed by atoms with van der Waals surface area (Å²) in [6.07, 6.45) is 6.65. The summed E-state index contributed by atoms with van der Waals surface area (Å²) in [5.41, 5.74) is 2.53. The van der Waals surface area contributed by atoms with Gasteiger partial charge in [0.2, 0.25) is 5.91 Å². The summed E-state index contributed by atoms with van der Waals surface area (Å²) in [6.45, 7) is 9.65. The molecule has 2 heterocycles. The second kappa shape index (κ2) is 7.77. The largest absolute Gasteiger partial charge is 0.352 e. The molecule has 0 saturated carbocycles. The molecule has 138 valence electrons. The van der Waals surface area contributed by atoms with E-state index in [2.05, 4.69) is 73.0 Å². The Balaban J connectivity index is 1.66. The van der Waals surface area contributed by atoms with Crippen molar-refractivity contribution in [2.75, 3.05) is 0 Å². The Morgan fingerprint density at radius 3 is 2.69 bits per heavy atom. The lowest BCUT2D eigenvalue weighted by Gasteiger charge is -2.15. The van der Waals surface area contributed by atoms with E-state index in [1.165, 1.54) is 16.5 Å². The maximum Gasteiger partial charge on any atom is 0.240 e. The number of fused-ring (bicyclic) bond motifs is 1. The normalized spacial score (nSPS) is 12.7. The average molecular weight is 352 g/mol. The number of carbonyl (C=O) groups excluding carboxylic acids is 1. The molecule has 0 fully saturated rings. The molecule has 1 atom stereocenters. The second-order valence-electron chi connectivity index (χ2n) is 7.20. The van der Waals surface area contributed by atoms with E-state index in [-0.39, 0.29) is 11.9 Å². The van der Waals surface area contributed by atoms with Gasteiger partial charge in [-0.3, -0.25) is 4.79 Å². The fourth-order valence-corrected chi connectivity index (χ4v) is 3.56. The second-order valence-corrected chi connectivity index (χ2v) is 7.20. The summed E-state index contributed by atoms with van der Waals surface area (Å²) in [5, 5.41) is 4.40. The summed E-state index contributed by atoms with van der Waals surface area (Å²) in [6, 6.07) is 8.52. The first kappa shape index (κ1) is 18.2. The Bertz CT molecular complexity index is 890. The van der Waals surface area contributed by atoms with Crippen molar-refractivity contribution in [3.63, 3.8) is 0 Å². The van der Waals surface area contributed by atoms with Gasteiger partial charge in [0.05, 0.1) is 0 Å². The summed E-state index contributed by atoms with van der Waals surface area (Å²) < 4.78 is 4.19. The van der Waals surface area contributed by atoms with E-state index < -0.39 is 0 Å². The first-order valence-corrected chi connectivity index (χ1v) is 9.36. The van der Waals surface area contributed by atoms with Crippen LogP contribution in [0.5, 0.6) is 0 Å². The van der Waals surface area contributed by atoms with Crippen LogP contribution in [0, 0.1) is 0 Å². The topological polar surface area (TPSA) is 51.9 Å². The van der Waals surface area contributed by atoms with Crippen LogP contribution in [-0.4, -0.2) is 26.1 Å². The van der Waals surface area contributed by atoms with Crippen molar-refractivity contribution in [2.45, 2.75) is 59.2 Å². The first-order valence-electron chi connectivity index (χ1n) is 9.36. The lowest BCUT2D eigenvalue weighted by atomic mass is 10.1. The number of para-hydroxylation sites is 1. The van der Waals surface area contributed by atoms with Gasteiger partial charge in [0, 0.05) is 48.0 Å². The Hall–Kier alpha value is -2.56. The number of aryl methyl sites for hydroxylation is 1. The molecule has 0 spiro atoms. The average Bonchev–Trinajstić information content (AvgIpc) is 3.19. The van der Waals surface area contributed by atoms with Crippen LogP contribution in [0.2, 0.25) is 0 Å². The van der Waals surface area contributed by atoms with Gasteiger partial charge in [-0.05, 0) is 31.9 Å². The zero-order valence-electron chi connectivity index (χ0n) is 16.1. The quantitative estimate of drug-likeness (QED) is 0.704. The zero-order valence-corrected chi connectivity index (χ0v) is 16.1. The predicted molar refractivity (Wildman–Crippen MR) is 105 cm³/mol. The monoisotopic (exact) mass is 352 g/mol. The highest BCUT2D eigenvalue weighted by atomic mass is 16.2. The third-order valence-electron chi connectivity index (χ3n) is 4.72. The first-order chi connectivity index (χ1) is 12.5. The number of hydrogen-bond donors (Lipinski definition) is 1. The molecule has 1 aromatic carbocycles. The van der Waals surface area contributed by atoms with E-state index >= 15 is 0 Å². The molecule has 0 aliphatic rings. The Morgan fingerprint density at radius 1 is 1.19 bits per heavy atom. The Labute approximate surface area is 155 Å². The molecule has 0 aliphatic heterocycles. The fourth-order valence-electron chi connectivity index (χ4n) is 3.56. The van der Waals surface area contributed by atoms with Gasteiger partial charge in [-0.15, -0.1) is 0 Å². The number of rotatable bonds is 7. The van der Waals surface area contributed by atoms with Crippen molar-refractivity contribution in [2.24, 2.45) is 0 Å². The lowest BCUT2D eigenvalue weighted by Crippen LogP contribution is -2.36. The molecule has 0 bridgehead atoms. The zero-order chi connectivity index (χ0) is 18.7. The SMILES string of the molecule is CCn1cc(C[C@@H](C)NC(=O)Cn2ccnc2C(C)C)c2ccccc21. The molecular formula is C21H28N4O. The minimum Gasteiger partial charge on any atom is -0.352 e. The molecule has 0 unspecified atom stereocenters. The van der Waals surface area contributed by atoms with Crippen LogP contribution in [0.3, 0.4) is 0 Å². The highest BCUT2D eigenvalue weighted by Gasteiger charge is 2.15. The fraction of sp³-hybridized carbons (Fsp3) is 0.429. The molecule has 1 N–H and O–H groups in total. The number of imidazole rings is 1. The molecule has 5 nitrogen and oxygen atoms in total. The van der Waals surface area contributed by atoms with Crippen LogP contribution in [0.25, 0.3) is 10.9 Å². The Morgan fingerprint density at radius 2 is 1.96 bits per heavy atom. The van der Waals surface area contributed by atoms with Gasteiger partial charge in [-0.25, -0.2) is 4.98 Å². The Kier molecular flexibility index (Phi) is 5.45. The van der Waals surface area contributed by atoms with Gasteiger partial charge in [0.1, 0.15) is 12.4 Å². The maximum absolute atomic E-state index is 12.4. The van der Waals surface area contributed by atoms with Crippen LogP contribution in [0.15, 0.2) is 42.9 Å². The third kappa shape index (κ3) is 3.82. The van der Waals surface area contributed by atoms with Crippen LogP contribution >= 0.6 is 0 Å². The smallest absolute Gasteiger partial charge is 0.240 e. The molecule has 26 heavy (non-hydrogen) atoms. The number of nitrogens with one attached hydrogen (secondary N) is 1. The maximum atomic E-state index is 12.4.